The Morgan fingerprint density at radius 2 is 2.70 bits per heavy atom. The Kier molecular flexibility index (Phi) is 1.49. The van der Waals surface area contributed by atoms with Gasteiger partial charge in [0, 0.05) is 39.9 Å². The van der Waals surface area contributed by atoms with Gasteiger partial charge in [-0.2, -0.15) is 5.26 Å². The number of amides is 1. The number of nitriles is 1. The van der Waals surface area contributed by atoms with Crippen LogP contribution in [0.25, 0.3) is 11.0 Å². The predicted octanol–water partition coefficient (Wildman–Crippen LogP) is 1.54. The standard InChI is InChI=1S/C16H20N6O/c1-11-5-8-22(14(23)3-6-17)9-13(11)21(2)16-12-4-7-18-15(12)19-10-20-16/h4,7,10-11,13H,3,5,8-9H2,1-2H3,(H,18,19,20)/t11-,13+/m1/s1/i1D3,2D3,3D2,5D2,8D2,9D2,10D. The Morgan fingerprint density at radius 1 is 1.78 bits per heavy atom. The van der Waals surface area contributed by atoms with Crippen molar-refractivity contribution in [2.45, 2.75) is 25.6 Å². The van der Waals surface area contributed by atoms with Crippen molar-refractivity contribution in [3.05, 3.63) is 18.6 Å². The highest BCUT2D eigenvalue weighted by Gasteiger charge is 2.32. The summed E-state index contributed by atoms with van der Waals surface area (Å²) in [7, 11) is 0. The highest BCUT2D eigenvalue weighted by Crippen LogP contribution is 2.28. The molecule has 1 saturated heterocycles. The Bertz CT molecular complexity index is 1290. The van der Waals surface area contributed by atoms with E-state index in [9.17, 15) is 4.79 Å². The molecular formula is C16H20N6O. The molecule has 1 fully saturated rings. The average molecular weight is 327 g/mol. The third-order valence-electron chi connectivity index (χ3n) is 3.07. The minimum Gasteiger partial charge on any atom is -0.354 e. The Balaban J connectivity index is 2.50. The van der Waals surface area contributed by atoms with Gasteiger partial charge < -0.3 is 14.8 Å². The van der Waals surface area contributed by atoms with Crippen molar-refractivity contribution < 1.29 is 25.4 Å². The molecule has 0 spiro atoms. The number of aromatic nitrogens is 3. The number of hydrogen-bond donors (Lipinski definition) is 1. The number of likely N-dealkylation sites (N-methyl/N-ethyl adjacent to an activating group) is 1. The number of H-pyrrole nitrogens is 1. The van der Waals surface area contributed by atoms with Crippen molar-refractivity contribution in [2.24, 2.45) is 5.92 Å². The zero-order valence-corrected chi connectivity index (χ0v) is 11.5. The van der Waals surface area contributed by atoms with E-state index in [2.05, 4.69) is 15.0 Å². The van der Waals surface area contributed by atoms with E-state index in [4.69, 9.17) is 25.8 Å². The van der Waals surface area contributed by atoms with E-state index < -0.39 is 74.5 Å². The van der Waals surface area contributed by atoms with Crippen LogP contribution < -0.4 is 4.90 Å². The molecule has 0 radical (unpaired) electrons. The van der Waals surface area contributed by atoms with Gasteiger partial charge in [0.25, 0.3) is 0 Å². The van der Waals surface area contributed by atoms with Gasteiger partial charge in [-0.15, -0.1) is 0 Å². The smallest absolute Gasteiger partial charge is 0.236 e. The topological polar surface area (TPSA) is 88.9 Å². The lowest BCUT2D eigenvalue weighted by atomic mass is 9.92. The van der Waals surface area contributed by atoms with Crippen LogP contribution in [0.3, 0.4) is 0 Å². The number of carbonyl (C=O) groups is 1. The van der Waals surface area contributed by atoms with Crippen LogP contribution in [0.15, 0.2) is 18.6 Å². The SMILES string of the molecule is [2H]c1nc(N([C@@H]2[C@H](C([2H])([2H])[2H])C([2H])([2H])C([2H])([2H])N(C(=O)C([2H])([2H])C#N)C2([2H])[2H])C([2H])([2H])[2H])c2cc[nH]c2n1. The van der Waals surface area contributed by atoms with Gasteiger partial charge in [0.15, 0.2) is 0 Å². The number of rotatable bonds is 3. The zero-order chi connectivity index (χ0) is 29.4. The van der Waals surface area contributed by atoms with Gasteiger partial charge in [0.05, 0.1) is 23.0 Å². The van der Waals surface area contributed by atoms with Gasteiger partial charge in [-0.05, 0) is 18.4 Å². The summed E-state index contributed by atoms with van der Waals surface area (Å²) in [5.41, 5.74) is -0.122. The van der Waals surface area contributed by atoms with Crippen LogP contribution in [-0.2, 0) is 4.79 Å². The minimum atomic E-state index is -3.90. The number of aromatic amines is 1. The predicted molar refractivity (Wildman–Crippen MR) is 86.7 cm³/mol. The maximum atomic E-state index is 13.0. The van der Waals surface area contributed by atoms with E-state index >= 15 is 0 Å². The molecule has 0 bridgehead atoms. The Labute approximate surface area is 156 Å². The summed E-state index contributed by atoms with van der Waals surface area (Å²) in [6.07, 6.45) is -6.91. The van der Waals surface area contributed by atoms with Crippen LogP contribution in [0, 0.1) is 17.2 Å². The van der Waals surface area contributed by atoms with Crippen molar-refractivity contribution in [2.75, 3.05) is 24.9 Å². The quantitative estimate of drug-likeness (QED) is 0.924. The number of carbonyl (C=O) groups excluding carboxylic acids is 1. The van der Waals surface area contributed by atoms with Crippen LogP contribution in [0.4, 0.5) is 5.82 Å². The van der Waals surface area contributed by atoms with E-state index in [1.165, 1.54) is 12.3 Å². The van der Waals surface area contributed by atoms with E-state index in [0.717, 1.165) is 6.07 Å². The molecule has 120 valence electrons. The molecule has 2 aromatic heterocycles. The first-order valence-electron chi connectivity index (χ1n) is 13.8. The van der Waals surface area contributed by atoms with Crippen LogP contribution in [-0.4, -0.2) is 51.8 Å². The number of fused-ring (bicyclic) bond motifs is 1. The molecule has 2 atom stereocenters. The molecule has 0 aliphatic carbocycles. The van der Waals surface area contributed by atoms with Gasteiger partial charge in [-0.1, -0.05) is 6.85 Å². The maximum absolute atomic E-state index is 13.0. The van der Waals surface area contributed by atoms with Gasteiger partial charge >= 0.3 is 0 Å². The monoisotopic (exact) mass is 327 g/mol. The number of nitrogens with one attached hydrogen (secondary N) is 1. The largest absolute Gasteiger partial charge is 0.354 e. The molecule has 0 saturated carbocycles. The summed E-state index contributed by atoms with van der Waals surface area (Å²) in [5.74, 6) is -5.76. The van der Waals surface area contributed by atoms with Gasteiger partial charge in [0.2, 0.25) is 5.91 Å². The minimum absolute atomic E-state index is 0.0647. The van der Waals surface area contributed by atoms with Crippen LogP contribution in [0.5, 0.6) is 0 Å². The normalized spacial score (nSPS) is 39.1. The highest BCUT2D eigenvalue weighted by molar-refractivity contribution is 5.87. The lowest BCUT2D eigenvalue weighted by Gasteiger charge is -2.42. The number of hydrogen-bond acceptors (Lipinski definition) is 5. The molecule has 1 aliphatic rings. The molecule has 2 aromatic rings. The lowest BCUT2D eigenvalue weighted by Crippen LogP contribution is -2.52. The van der Waals surface area contributed by atoms with Crippen molar-refractivity contribution in [3.63, 3.8) is 0 Å². The summed E-state index contributed by atoms with van der Waals surface area (Å²) in [5, 5.41) is 8.96. The summed E-state index contributed by atoms with van der Waals surface area (Å²) in [6.45, 7) is -14.8. The summed E-state index contributed by atoms with van der Waals surface area (Å²) >= 11 is 0. The second-order valence-electron chi connectivity index (χ2n) is 4.44. The third kappa shape index (κ3) is 2.84. The van der Waals surface area contributed by atoms with Crippen molar-refractivity contribution >= 4 is 22.8 Å². The molecular weight excluding hydrogens is 292 g/mol. The number of nitrogens with zero attached hydrogens (tertiary/aromatic N) is 5. The fraction of sp³-hybridized carbons (Fsp3) is 0.500. The van der Waals surface area contributed by atoms with Crippen LogP contribution in [0.1, 0.15) is 40.2 Å². The number of likely N-dealkylation sites (tertiary alicyclic amines) is 1. The highest BCUT2D eigenvalue weighted by atomic mass is 16.2. The molecule has 0 aromatic carbocycles. The number of anilines is 1. The lowest BCUT2D eigenvalue weighted by molar-refractivity contribution is -0.131. The van der Waals surface area contributed by atoms with Gasteiger partial charge in [-0.25, -0.2) is 9.97 Å². The van der Waals surface area contributed by atoms with Crippen molar-refractivity contribution in [3.8, 4) is 6.07 Å². The summed E-state index contributed by atoms with van der Waals surface area (Å²) in [4.78, 5) is 22.6. The first kappa shape index (κ1) is 5.48. The fourth-order valence-corrected chi connectivity index (χ4v) is 2.00. The molecule has 3 rings (SSSR count). The van der Waals surface area contributed by atoms with Crippen molar-refractivity contribution in [1.82, 2.24) is 19.9 Å². The van der Waals surface area contributed by atoms with E-state index in [1.807, 2.05) is 0 Å². The first-order valence-corrected chi connectivity index (χ1v) is 6.31. The summed E-state index contributed by atoms with van der Waals surface area (Å²) in [6, 6.07) is -0.648. The van der Waals surface area contributed by atoms with Gasteiger partial charge in [0.1, 0.15) is 25.5 Å². The fourth-order valence-electron chi connectivity index (χ4n) is 2.00. The zero-order valence-electron chi connectivity index (χ0n) is 26.5. The Morgan fingerprint density at radius 3 is 3.48 bits per heavy atom. The van der Waals surface area contributed by atoms with E-state index in [1.54, 1.807) is 0 Å². The van der Waals surface area contributed by atoms with Crippen LogP contribution >= 0.6 is 0 Å². The third-order valence-corrected chi connectivity index (χ3v) is 3.07. The Hall–Kier alpha value is -2.62. The molecule has 1 N–H and O–H groups in total. The van der Waals surface area contributed by atoms with Crippen molar-refractivity contribution in [1.29, 1.82) is 5.26 Å². The first-order chi connectivity index (χ1) is 16.9. The second kappa shape index (κ2) is 6.24. The van der Waals surface area contributed by atoms with Crippen LogP contribution in [0.2, 0.25) is 0 Å². The molecule has 23 heavy (non-hydrogen) atoms. The maximum Gasteiger partial charge on any atom is 0.236 e. The molecule has 7 heteroatoms. The second-order valence-corrected chi connectivity index (χ2v) is 4.44. The molecule has 3 heterocycles. The molecule has 1 amide bonds. The van der Waals surface area contributed by atoms with E-state index in [0.29, 0.717) is 0 Å². The molecule has 0 unspecified atom stereocenters. The summed E-state index contributed by atoms with van der Waals surface area (Å²) < 4.78 is 122. The van der Waals surface area contributed by atoms with E-state index in [-0.39, 0.29) is 15.9 Å². The molecule has 7 nitrogen and oxygen atoms in total. The molecule has 1 aliphatic heterocycles. The van der Waals surface area contributed by atoms with Gasteiger partial charge in [-0.3, -0.25) is 4.79 Å². The number of piperidine rings is 1. The average Bonchev–Trinajstić information content (AvgIpc) is 3.18.